The Hall–Kier alpha value is -2.90. The van der Waals surface area contributed by atoms with Crippen molar-refractivity contribution in [3.8, 4) is 0 Å². The zero-order valence-electron chi connectivity index (χ0n) is 12.1. The van der Waals surface area contributed by atoms with E-state index in [9.17, 15) is 22.4 Å². The highest BCUT2D eigenvalue weighted by Crippen LogP contribution is 2.29. The Morgan fingerprint density at radius 2 is 1.79 bits per heavy atom. The van der Waals surface area contributed by atoms with Crippen LogP contribution in [0.5, 0.6) is 0 Å². The summed E-state index contributed by atoms with van der Waals surface area (Å²) in [5.41, 5.74) is 0.243. The minimum atomic E-state index is -4.44. The molecule has 0 spiro atoms. The van der Waals surface area contributed by atoms with E-state index in [2.05, 4.69) is 10.3 Å². The lowest BCUT2D eigenvalue weighted by Crippen LogP contribution is -2.22. The Bertz CT molecular complexity index is 884. The smallest absolute Gasteiger partial charge is 0.346 e. The van der Waals surface area contributed by atoms with Crippen LogP contribution in [0.25, 0.3) is 5.65 Å². The maximum Gasteiger partial charge on any atom is 0.417 e. The molecule has 4 nitrogen and oxygen atoms in total. The lowest BCUT2D eigenvalue weighted by Gasteiger charge is -2.05. The number of carbonyl (C=O) groups is 1. The highest BCUT2D eigenvalue weighted by atomic mass is 19.4. The van der Waals surface area contributed by atoms with Crippen molar-refractivity contribution in [1.29, 1.82) is 0 Å². The number of hydrogen-bond donors (Lipinski definition) is 1. The van der Waals surface area contributed by atoms with E-state index in [1.807, 2.05) is 0 Å². The van der Waals surface area contributed by atoms with Crippen LogP contribution in [-0.4, -0.2) is 15.3 Å². The zero-order valence-corrected chi connectivity index (χ0v) is 12.1. The Kier molecular flexibility index (Phi) is 3.96. The van der Waals surface area contributed by atoms with Crippen molar-refractivity contribution in [2.45, 2.75) is 12.7 Å². The van der Waals surface area contributed by atoms with Gasteiger partial charge < -0.3 is 9.72 Å². The number of aromatic nitrogens is 2. The molecule has 2 aromatic heterocycles. The average molecular weight is 337 g/mol. The summed E-state index contributed by atoms with van der Waals surface area (Å²) in [5, 5.41) is 2.58. The van der Waals surface area contributed by atoms with Crippen LogP contribution < -0.4 is 5.32 Å². The van der Waals surface area contributed by atoms with Gasteiger partial charge in [0.1, 0.15) is 11.5 Å². The molecule has 1 N–H and O–H groups in total. The largest absolute Gasteiger partial charge is 0.417 e. The molecule has 1 aromatic carbocycles. The first kappa shape index (κ1) is 16.0. The first-order chi connectivity index (χ1) is 11.3. The number of carbonyl (C=O) groups excluding carboxylic acids is 1. The molecule has 0 aliphatic carbocycles. The van der Waals surface area contributed by atoms with E-state index in [1.54, 1.807) is 0 Å². The van der Waals surface area contributed by atoms with Crippen LogP contribution in [0.15, 0.2) is 48.8 Å². The second-order valence-electron chi connectivity index (χ2n) is 5.10. The summed E-state index contributed by atoms with van der Waals surface area (Å²) in [6, 6.07) is 7.21. The second-order valence-corrected chi connectivity index (χ2v) is 5.10. The molecule has 3 aromatic rings. The lowest BCUT2D eigenvalue weighted by molar-refractivity contribution is -0.137. The van der Waals surface area contributed by atoms with Gasteiger partial charge in [-0.05, 0) is 36.4 Å². The van der Waals surface area contributed by atoms with E-state index in [0.717, 1.165) is 12.3 Å². The molecular weight excluding hydrogens is 326 g/mol. The molecule has 0 aliphatic rings. The van der Waals surface area contributed by atoms with Gasteiger partial charge in [0.15, 0.2) is 0 Å². The minimum Gasteiger partial charge on any atom is -0.346 e. The maximum atomic E-state index is 12.8. The third-order valence-corrected chi connectivity index (χ3v) is 3.36. The van der Waals surface area contributed by atoms with Gasteiger partial charge in [-0.15, -0.1) is 0 Å². The standard InChI is InChI=1S/C16H11F4N3O/c17-12-4-1-10(2-5-12)15(24)21-7-13-9-23-8-11(16(18,19)20)3-6-14(23)22-13/h1-6,8-9H,7H2,(H,21,24). The molecule has 0 saturated carbocycles. The highest BCUT2D eigenvalue weighted by molar-refractivity contribution is 5.94. The van der Waals surface area contributed by atoms with Crippen molar-refractivity contribution in [2.24, 2.45) is 0 Å². The topological polar surface area (TPSA) is 46.4 Å². The van der Waals surface area contributed by atoms with Crippen LogP contribution in [0.4, 0.5) is 17.6 Å². The number of alkyl halides is 3. The molecule has 124 valence electrons. The van der Waals surface area contributed by atoms with Gasteiger partial charge >= 0.3 is 6.18 Å². The highest BCUT2D eigenvalue weighted by Gasteiger charge is 2.30. The predicted molar refractivity (Wildman–Crippen MR) is 77.8 cm³/mol. The van der Waals surface area contributed by atoms with Gasteiger partial charge in [0, 0.05) is 18.0 Å². The molecule has 0 bridgehead atoms. The third kappa shape index (κ3) is 3.37. The zero-order chi connectivity index (χ0) is 17.3. The Morgan fingerprint density at radius 3 is 2.46 bits per heavy atom. The number of rotatable bonds is 3. The number of pyridine rings is 1. The van der Waals surface area contributed by atoms with Gasteiger partial charge in [0.25, 0.3) is 5.91 Å². The number of nitrogens with zero attached hydrogens (tertiary/aromatic N) is 2. The number of amides is 1. The average Bonchev–Trinajstić information content (AvgIpc) is 2.94. The molecule has 0 saturated heterocycles. The number of halogens is 4. The molecule has 8 heteroatoms. The quantitative estimate of drug-likeness (QED) is 0.745. The van der Waals surface area contributed by atoms with Crippen LogP contribution in [0, 0.1) is 5.82 Å². The molecule has 0 aliphatic heterocycles. The monoisotopic (exact) mass is 337 g/mol. The normalized spacial score (nSPS) is 11.7. The molecule has 24 heavy (non-hydrogen) atoms. The van der Waals surface area contributed by atoms with Crippen molar-refractivity contribution >= 4 is 11.6 Å². The fourth-order valence-electron chi connectivity index (χ4n) is 2.17. The molecule has 3 rings (SSSR count). The molecular formula is C16H11F4N3O. The van der Waals surface area contributed by atoms with Crippen LogP contribution >= 0.6 is 0 Å². The van der Waals surface area contributed by atoms with Crippen LogP contribution in [0.2, 0.25) is 0 Å². The van der Waals surface area contributed by atoms with E-state index in [0.29, 0.717) is 11.3 Å². The Morgan fingerprint density at radius 1 is 1.08 bits per heavy atom. The SMILES string of the molecule is O=C(NCc1cn2cc(C(F)(F)F)ccc2n1)c1ccc(F)cc1. The minimum absolute atomic E-state index is 0.0409. The summed E-state index contributed by atoms with van der Waals surface area (Å²) in [4.78, 5) is 16.0. The Labute approximate surface area is 133 Å². The van der Waals surface area contributed by atoms with Crippen molar-refractivity contribution in [3.05, 3.63) is 71.4 Å². The van der Waals surface area contributed by atoms with E-state index < -0.39 is 23.5 Å². The Balaban J connectivity index is 1.73. The van der Waals surface area contributed by atoms with E-state index in [-0.39, 0.29) is 12.1 Å². The number of imidazole rings is 1. The first-order valence-electron chi connectivity index (χ1n) is 6.91. The third-order valence-electron chi connectivity index (χ3n) is 3.36. The van der Waals surface area contributed by atoms with Gasteiger partial charge in [-0.2, -0.15) is 13.2 Å². The van der Waals surface area contributed by atoms with E-state index in [1.165, 1.54) is 40.9 Å². The summed E-state index contributed by atoms with van der Waals surface area (Å²) < 4.78 is 52.1. The van der Waals surface area contributed by atoms with Crippen molar-refractivity contribution < 1.29 is 22.4 Å². The molecule has 0 radical (unpaired) electrons. The fraction of sp³-hybridized carbons (Fsp3) is 0.125. The number of benzene rings is 1. The summed E-state index contributed by atoms with van der Waals surface area (Å²) in [7, 11) is 0. The van der Waals surface area contributed by atoms with Gasteiger partial charge in [0.2, 0.25) is 0 Å². The van der Waals surface area contributed by atoms with Crippen molar-refractivity contribution in [2.75, 3.05) is 0 Å². The van der Waals surface area contributed by atoms with Gasteiger partial charge in [-0.3, -0.25) is 4.79 Å². The second kappa shape index (κ2) is 5.95. The molecule has 2 heterocycles. The van der Waals surface area contributed by atoms with E-state index >= 15 is 0 Å². The predicted octanol–water partition coefficient (Wildman–Crippen LogP) is 3.42. The fourth-order valence-corrected chi connectivity index (χ4v) is 2.17. The summed E-state index contributed by atoms with van der Waals surface area (Å²) in [6.07, 6.45) is -2.08. The van der Waals surface area contributed by atoms with Crippen molar-refractivity contribution in [1.82, 2.24) is 14.7 Å². The van der Waals surface area contributed by atoms with Crippen LogP contribution in [0.3, 0.4) is 0 Å². The van der Waals surface area contributed by atoms with Crippen LogP contribution in [-0.2, 0) is 12.7 Å². The van der Waals surface area contributed by atoms with E-state index in [4.69, 9.17) is 0 Å². The van der Waals surface area contributed by atoms with Gasteiger partial charge in [-0.25, -0.2) is 9.37 Å². The lowest BCUT2D eigenvalue weighted by atomic mass is 10.2. The molecule has 0 fully saturated rings. The maximum absolute atomic E-state index is 12.8. The summed E-state index contributed by atoms with van der Waals surface area (Å²) in [6.45, 7) is 0.0409. The summed E-state index contributed by atoms with van der Waals surface area (Å²) in [5.74, 6) is -0.879. The number of nitrogens with one attached hydrogen (secondary N) is 1. The molecule has 1 amide bonds. The molecule has 0 unspecified atom stereocenters. The summed E-state index contributed by atoms with van der Waals surface area (Å²) >= 11 is 0. The molecule has 0 atom stereocenters. The van der Waals surface area contributed by atoms with Crippen LogP contribution in [0.1, 0.15) is 21.6 Å². The van der Waals surface area contributed by atoms with Gasteiger partial charge in [0.05, 0.1) is 17.8 Å². The number of fused-ring (bicyclic) bond motifs is 1. The van der Waals surface area contributed by atoms with Crippen molar-refractivity contribution in [3.63, 3.8) is 0 Å². The van der Waals surface area contributed by atoms with Gasteiger partial charge in [-0.1, -0.05) is 0 Å². The number of hydrogen-bond acceptors (Lipinski definition) is 2. The first-order valence-corrected chi connectivity index (χ1v) is 6.91.